The summed E-state index contributed by atoms with van der Waals surface area (Å²) in [6.07, 6.45) is 2.04. The normalized spacial score (nSPS) is 15.1. The SMILES string of the molecule is Cc1cc(Br)c(NC(=O)C2CC2)c(Br)c1. The Morgan fingerprint density at radius 3 is 2.33 bits per heavy atom. The topological polar surface area (TPSA) is 29.1 Å². The molecule has 0 bridgehead atoms. The highest BCUT2D eigenvalue weighted by atomic mass is 79.9. The molecule has 0 spiro atoms. The molecule has 2 rings (SSSR count). The summed E-state index contributed by atoms with van der Waals surface area (Å²) in [4.78, 5) is 11.6. The van der Waals surface area contributed by atoms with Gasteiger partial charge in [0.15, 0.2) is 0 Å². The Labute approximate surface area is 106 Å². The van der Waals surface area contributed by atoms with E-state index in [4.69, 9.17) is 0 Å². The van der Waals surface area contributed by atoms with Crippen LogP contribution >= 0.6 is 31.9 Å². The molecule has 0 aromatic heterocycles. The van der Waals surface area contributed by atoms with E-state index < -0.39 is 0 Å². The summed E-state index contributed by atoms with van der Waals surface area (Å²) in [5, 5.41) is 2.93. The predicted octanol–water partition coefficient (Wildman–Crippen LogP) is 3.87. The van der Waals surface area contributed by atoms with Crippen molar-refractivity contribution in [2.75, 3.05) is 5.32 Å². The molecule has 15 heavy (non-hydrogen) atoms. The number of halogens is 2. The van der Waals surface area contributed by atoms with E-state index in [1.807, 2.05) is 19.1 Å². The largest absolute Gasteiger partial charge is 0.324 e. The molecule has 1 aliphatic carbocycles. The summed E-state index contributed by atoms with van der Waals surface area (Å²) < 4.78 is 1.84. The van der Waals surface area contributed by atoms with E-state index >= 15 is 0 Å². The van der Waals surface area contributed by atoms with Gasteiger partial charge in [-0.2, -0.15) is 0 Å². The summed E-state index contributed by atoms with van der Waals surface area (Å²) in [5.41, 5.74) is 1.98. The minimum Gasteiger partial charge on any atom is -0.324 e. The number of anilines is 1. The average molecular weight is 333 g/mol. The third-order valence-corrected chi connectivity index (χ3v) is 3.63. The molecule has 4 heteroatoms. The molecule has 0 unspecified atom stereocenters. The van der Waals surface area contributed by atoms with Gasteiger partial charge in [0.2, 0.25) is 5.91 Å². The summed E-state index contributed by atoms with van der Waals surface area (Å²) >= 11 is 6.90. The van der Waals surface area contributed by atoms with E-state index in [1.165, 1.54) is 0 Å². The first-order chi connectivity index (χ1) is 7.08. The smallest absolute Gasteiger partial charge is 0.227 e. The number of rotatable bonds is 2. The zero-order valence-electron chi connectivity index (χ0n) is 8.31. The van der Waals surface area contributed by atoms with Gasteiger partial charge in [-0.1, -0.05) is 0 Å². The van der Waals surface area contributed by atoms with Crippen LogP contribution in [0.15, 0.2) is 21.1 Å². The molecular formula is C11H11Br2NO. The number of amides is 1. The highest BCUT2D eigenvalue weighted by Gasteiger charge is 2.30. The van der Waals surface area contributed by atoms with Crippen LogP contribution in [-0.2, 0) is 4.79 Å². The summed E-state index contributed by atoms with van der Waals surface area (Å²) in [7, 11) is 0. The van der Waals surface area contributed by atoms with Gasteiger partial charge in [0, 0.05) is 14.9 Å². The van der Waals surface area contributed by atoms with Gasteiger partial charge in [-0.25, -0.2) is 0 Å². The van der Waals surface area contributed by atoms with Gasteiger partial charge < -0.3 is 5.32 Å². The second kappa shape index (κ2) is 4.26. The fraction of sp³-hybridized carbons (Fsp3) is 0.364. The maximum atomic E-state index is 11.6. The molecule has 0 aliphatic heterocycles. The molecule has 1 saturated carbocycles. The van der Waals surface area contributed by atoms with Gasteiger partial charge in [0.05, 0.1) is 5.69 Å². The van der Waals surface area contributed by atoms with Crippen LogP contribution < -0.4 is 5.32 Å². The van der Waals surface area contributed by atoms with Gasteiger partial charge in [0.25, 0.3) is 0 Å². The molecule has 0 heterocycles. The third-order valence-electron chi connectivity index (χ3n) is 2.38. The van der Waals surface area contributed by atoms with E-state index in [9.17, 15) is 4.79 Å². The number of aryl methyl sites for hydroxylation is 1. The average Bonchev–Trinajstić information content (AvgIpc) is 2.93. The molecule has 2 nitrogen and oxygen atoms in total. The highest BCUT2D eigenvalue weighted by molar-refractivity contribution is 9.11. The molecule has 1 aromatic rings. The second-order valence-corrected chi connectivity index (χ2v) is 5.58. The van der Waals surface area contributed by atoms with E-state index in [-0.39, 0.29) is 11.8 Å². The lowest BCUT2D eigenvalue weighted by atomic mass is 10.2. The minimum absolute atomic E-state index is 0.125. The van der Waals surface area contributed by atoms with Crippen LogP contribution in [0.4, 0.5) is 5.69 Å². The van der Waals surface area contributed by atoms with Crippen molar-refractivity contribution < 1.29 is 4.79 Å². The van der Waals surface area contributed by atoms with E-state index in [1.54, 1.807) is 0 Å². The van der Waals surface area contributed by atoms with E-state index in [0.717, 1.165) is 33.0 Å². The molecule has 1 aromatic carbocycles. The van der Waals surface area contributed by atoms with Crippen LogP contribution in [0.1, 0.15) is 18.4 Å². The highest BCUT2D eigenvalue weighted by Crippen LogP contribution is 2.35. The summed E-state index contributed by atoms with van der Waals surface area (Å²) in [5.74, 6) is 0.352. The van der Waals surface area contributed by atoms with Crippen molar-refractivity contribution in [3.05, 3.63) is 26.6 Å². The van der Waals surface area contributed by atoms with Gasteiger partial charge in [-0.15, -0.1) is 0 Å². The third kappa shape index (κ3) is 2.61. The number of hydrogen-bond donors (Lipinski definition) is 1. The standard InChI is InChI=1S/C11H11Br2NO/c1-6-4-8(12)10(9(13)5-6)14-11(15)7-2-3-7/h4-5,7H,2-3H2,1H3,(H,14,15). The number of benzene rings is 1. The van der Waals surface area contributed by atoms with Crippen molar-refractivity contribution in [2.24, 2.45) is 5.92 Å². The summed E-state index contributed by atoms with van der Waals surface area (Å²) in [6.45, 7) is 2.02. The molecular weight excluding hydrogens is 322 g/mol. The van der Waals surface area contributed by atoms with Gasteiger partial charge >= 0.3 is 0 Å². The fourth-order valence-corrected chi connectivity index (χ4v) is 3.00. The first-order valence-corrected chi connectivity index (χ1v) is 6.43. The van der Waals surface area contributed by atoms with E-state index in [2.05, 4.69) is 37.2 Å². The van der Waals surface area contributed by atoms with Gasteiger partial charge in [0.1, 0.15) is 0 Å². The Kier molecular flexibility index (Phi) is 3.16. The Balaban J connectivity index is 2.23. The molecule has 1 amide bonds. The Bertz CT molecular complexity index is 390. The van der Waals surface area contributed by atoms with Crippen LogP contribution in [-0.4, -0.2) is 5.91 Å². The van der Waals surface area contributed by atoms with Crippen molar-refractivity contribution in [3.8, 4) is 0 Å². The van der Waals surface area contributed by atoms with Crippen molar-refractivity contribution in [3.63, 3.8) is 0 Å². The lowest BCUT2D eigenvalue weighted by molar-refractivity contribution is -0.117. The zero-order valence-corrected chi connectivity index (χ0v) is 11.5. The number of hydrogen-bond acceptors (Lipinski definition) is 1. The zero-order chi connectivity index (χ0) is 11.0. The first-order valence-electron chi connectivity index (χ1n) is 4.84. The maximum Gasteiger partial charge on any atom is 0.227 e. The molecule has 1 aliphatic rings. The van der Waals surface area contributed by atoms with Gasteiger partial charge in [-0.3, -0.25) is 4.79 Å². The number of carbonyl (C=O) groups is 1. The maximum absolute atomic E-state index is 11.6. The van der Waals surface area contributed by atoms with Crippen LogP contribution in [0.2, 0.25) is 0 Å². The lowest BCUT2D eigenvalue weighted by Crippen LogP contribution is -2.14. The van der Waals surface area contributed by atoms with Crippen LogP contribution in [0.5, 0.6) is 0 Å². The monoisotopic (exact) mass is 331 g/mol. The molecule has 80 valence electrons. The predicted molar refractivity (Wildman–Crippen MR) is 67.9 cm³/mol. The van der Waals surface area contributed by atoms with Crippen molar-refractivity contribution in [1.82, 2.24) is 0 Å². The molecule has 0 saturated heterocycles. The number of nitrogens with one attached hydrogen (secondary N) is 1. The fourth-order valence-electron chi connectivity index (χ4n) is 1.39. The number of carbonyl (C=O) groups excluding carboxylic acids is 1. The Morgan fingerprint density at radius 2 is 1.87 bits per heavy atom. The second-order valence-electron chi connectivity index (χ2n) is 3.87. The Hall–Kier alpha value is -0.350. The molecule has 1 fully saturated rings. The van der Waals surface area contributed by atoms with Crippen molar-refractivity contribution in [1.29, 1.82) is 0 Å². The Morgan fingerprint density at radius 1 is 1.33 bits per heavy atom. The van der Waals surface area contributed by atoms with Crippen LogP contribution in [0.3, 0.4) is 0 Å². The van der Waals surface area contributed by atoms with Gasteiger partial charge in [-0.05, 0) is 69.3 Å². The summed E-state index contributed by atoms with van der Waals surface area (Å²) in [6, 6.07) is 3.99. The van der Waals surface area contributed by atoms with Crippen molar-refractivity contribution in [2.45, 2.75) is 19.8 Å². The lowest BCUT2D eigenvalue weighted by Gasteiger charge is -2.10. The minimum atomic E-state index is 0.125. The first kappa shape index (κ1) is 11.1. The van der Waals surface area contributed by atoms with E-state index in [0.29, 0.717) is 0 Å². The molecule has 0 radical (unpaired) electrons. The molecule has 1 N–H and O–H groups in total. The molecule has 0 atom stereocenters. The van der Waals surface area contributed by atoms with Crippen LogP contribution in [0, 0.1) is 12.8 Å². The van der Waals surface area contributed by atoms with Crippen molar-refractivity contribution >= 4 is 43.5 Å². The van der Waals surface area contributed by atoms with Crippen LogP contribution in [0.25, 0.3) is 0 Å². The quantitative estimate of drug-likeness (QED) is 0.875.